The first-order chi connectivity index (χ1) is 31.7. The predicted octanol–water partition coefficient (Wildman–Crippen LogP) is 1.17. The normalized spacial score (nSPS) is 10.4. The predicted molar refractivity (Wildman–Crippen MR) is 235 cm³/mol. The van der Waals surface area contributed by atoms with Gasteiger partial charge in [0.1, 0.15) is 73.3 Å². The van der Waals surface area contributed by atoms with Crippen molar-refractivity contribution in [1.82, 2.24) is 15.0 Å². The van der Waals surface area contributed by atoms with Gasteiger partial charge in [-0.05, 0) is 6.42 Å². The smallest absolute Gasteiger partial charge is 0.330 e. The third-order valence-corrected chi connectivity index (χ3v) is 7.86. The standard InChI is InChI=1S/C27H42N6O12.C15H20O6/c1-6-22(35)43-14-11-40-19-31(9-10-34)25-28-26(32(17-38-4)20-41-12-15-44-23(36)7-2)30-27(29-25)33(18-39-5)21-42-13-16-45-24(37)8-3;1-5-12(16)19-9-15(8-4,10-20-13(17)6-2)11-21-14(18)7-3/h6-8,34H,1-3,9-21H2,4-5H3;5-7H,1-3,8-11H2,4H3. The van der Waals surface area contributed by atoms with Crippen LogP contribution in [0, 0.1) is 5.41 Å². The molecule has 1 heterocycles. The second-order valence-electron chi connectivity index (χ2n) is 12.7. The van der Waals surface area contributed by atoms with E-state index in [4.69, 9.17) is 52.1 Å². The molecule has 0 saturated carbocycles. The molecule has 0 aliphatic heterocycles. The van der Waals surface area contributed by atoms with Gasteiger partial charge in [0.15, 0.2) is 0 Å². The summed E-state index contributed by atoms with van der Waals surface area (Å²) in [7, 11) is 2.94. The molecule has 1 rings (SSSR count). The number of carbonyl (C=O) groups is 6. The Morgan fingerprint density at radius 3 is 1.05 bits per heavy atom. The van der Waals surface area contributed by atoms with Gasteiger partial charge in [0.2, 0.25) is 17.8 Å². The SMILES string of the molecule is C=CC(=O)OCC(CC)(COC(=O)C=C)COC(=O)C=C.C=CC(=O)OCCOCN(CCO)c1nc(N(COC)COCCOC(=O)C=C)nc(N(COC)COCCOC(=O)C=C)n1. The summed E-state index contributed by atoms with van der Waals surface area (Å²) in [5.74, 6) is -3.25. The molecule has 0 unspecified atom stereocenters. The van der Waals surface area contributed by atoms with E-state index in [2.05, 4.69) is 54.4 Å². The van der Waals surface area contributed by atoms with Crippen molar-refractivity contribution in [3.8, 4) is 0 Å². The number of hydrogen-bond donors (Lipinski definition) is 1. The topological polar surface area (TPSA) is 273 Å². The molecule has 0 aromatic carbocycles. The lowest BCUT2D eigenvalue weighted by atomic mass is 9.88. The van der Waals surface area contributed by atoms with Gasteiger partial charge in [-0.2, -0.15) is 15.0 Å². The van der Waals surface area contributed by atoms with Crippen molar-refractivity contribution in [2.75, 3.05) is 135 Å². The first-order valence-electron chi connectivity index (χ1n) is 19.8. The lowest BCUT2D eigenvalue weighted by Crippen LogP contribution is -2.38. The first-order valence-corrected chi connectivity index (χ1v) is 19.8. The summed E-state index contributed by atoms with van der Waals surface area (Å²) in [6.45, 7) is 21.1. The Morgan fingerprint density at radius 1 is 0.485 bits per heavy atom. The molecule has 0 atom stereocenters. The maximum atomic E-state index is 11.3. The maximum Gasteiger partial charge on any atom is 0.330 e. The fourth-order valence-electron chi connectivity index (χ4n) is 4.31. The summed E-state index contributed by atoms with van der Waals surface area (Å²) in [5.41, 5.74) is -0.837. The number of hydrogen-bond acceptors (Lipinski definition) is 24. The molecule has 66 heavy (non-hydrogen) atoms. The van der Waals surface area contributed by atoms with Gasteiger partial charge >= 0.3 is 35.8 Å². The highest BCUT2D eigenvalue weighted by atomic mass is 16.6. The van der Waals surface area contributed by atoms with E-state index >= 15 is 0 Å². The molecular formula is C42H62N6O18. The maximum absolute atomic E-state index is 11.3. The van der Waals surface area contributed by atoms with Gasteiger partial charge in [-0.1, -0.05) is 46.4 Å². The number of esters is 6. The number of nitrogens with zero attached hydrogens (tertiary/aromatic N) is 6. The van der Waals surface area contributed by atoms with Crippen molar-refractivity contribution in [2.45, 2.75) is 13.3 Å². The molecule has 0 saturated heterocycles. The Labute approximate surface area is 383 Å². The molecule has 0 radical (unpaired) electrons. The molecule has 1 N–H and O–H groups in total. The third kappa shape index (κ3) is 26.3. The molecule has 1 aromatic heterocycles. The van der Waals surface area contributed by atoms with Crippen LogP contribution in [-0.2, 0) is 80.9 Å². The zero-order valence-electron chi connectivity index (χ0n) is 37.8. The number of ether oxygens (including phenoxy) is 11. The number of aromatic nitrogens is 3. The van der Waals surface area contributed by atoms with E-state index < -0.39 is 41.2 Å². The fourth-order valence-corrected chi connectivity index (χ4v) is 4.31. The molecule has 24 heteroatoms. The number of carbonyl (C=O) groups excluding carboxylic acids is 6. The highest BCUT2D eigenvalue weighted by Gasteiger charge is 2.33. The van der Waals surface area contributed by atoms with E-state index in [1.165, 1.54) is 28.9 Å². The molecular weight excluding hydrogens is 876 g/mol. The van der Waals surface area contributed by atoms with Gasteiger partial charge in [-0.3, -0.25) is 9.80 Å². The molecule has 0 bridgehead atoms. The van der Waals surface area contributed by atoms with Crippen LogP contribution >= 0.6 is 0 Å². The number of anilines is 3. The molecule has 0 amide bonds. The van der Waals surface area contributed by atoms with Crippen molar-refractivity contribution in [1.29, 1.82) is 0 Å². The summed E-state index contributed by atoms with van der Waals surface area (Å²) >= 11 is 0. The highest BCUT2D eigenvalue weighted by Crippen LogP contribution is 2.25. The van der Waals surface area contributed by atoms with E-state index in [9.17, 15) is 33.9 Å². The van der Waals surface area contributed by atoms with Crippen LogP contribution in [0.4, 0.5) is 17.8 Å². The van der Waals surface area contributed by atoms with Crippen LogP contribution in [0.1, 0.15) is 13.3 Å². The Kier molecular flexibility index (Phi) is 33.1. The monoisotopic (exact) mass is 938 g/mol. The van der Waals surface area contributed by atoms with Crippen LogP contribution < -0.4 is 14.7 Å². The van der Waals surface area contributed by atoms with Crippen LogP contribution in [0.5, 0.6) is 0 Å². The van der Waals surface area contributed by atoms with Crippen molar-refractivity contribution < 1.29 is 86.0 Å². The molecule has 0 aliphatic carbocycles. The van der Waals surface area contributed by atoms with Gasteiger partial charge in [0.05, 0.1) is 31.8 Å². The molecule has 0 fully saturated rings. The van der Waals surface area contributed by atoms with Crippen LogP contribution in [0.2, 0.25) is 0 Å². The minimum atomic E-state index is -0.837. The number of methoxy groups -OCH3 is 2. The zero-order chi connectivity index (χ0) is 49.6. The average molecular weight is 939 g/mol. The minimum absolute atomic E-state index is 0.00401. The van der Waals surface area contributed by atoms with Crippen LogP contribution in [0.15, 0.2) is 75.9 Å². The lowest BCUT2D eigenvalue weighted by molar-refractivity contribution is -0.156. The summed E-state index contributed by atoms with van der Waals surface area (Å²) in [6, 6.07) is 0. The molecule has 1 aromatic rings. The average Bonchev–Trinajstić information content (AvgIpc) is 3.34. The number of aliphatic hydroxyl groups excluding tert-OH is 1. The molecule has 24 nitrogen and oxygen atoms in total. The van der Waals surface area contributed by atoms with E-state index in [0.29, 0.717) is 6.42 Å². The van der Waals surface area contributed by atoms with Gasteiger partial charge in [0.25, 0.3) is 0 Å². The highest BCUT2D eigenvalue weighted by molar-refractivity contribution is 5.83. The summed E-state index contributed by atoms with van der Waals surface area (Å²) in [6.07, 6.45) is 6.64. The number of aliphatic hydroxyl groups is 1. The first kappa shape index (κ1) is 59.4. The Balaban J connectivity index is 0.00000168. The molecule has 368 valence electrons. The molecule has 0 aliphatic rings. The van der Waals surface area contributed by atoms with E-state index in [0.717, 1.165) is 36.5 Å². The van der Waals surface area contributed by atoms with E-state index in [1.54, 1.807) is 6.92 Å². The van der Waals surface area contributed by atoms with Crippen molar-refractivity contribution in [3.05, 3.63) is 75.9 Å². The largest absolute Gasteiger partial charge is 0.462 e. The lowest BCUT2D eigenvalue weighted by Gasteiger charge is -2.30. The fraction of sp³-hybridized carbons (Fsp3) is 0.500. The Bertz CT molecular complexity index is 1510. The summed E-state index contributed by atoms with van der Waals surface area (Å²) in [4.78, 5) is 85.6. The van der Waals surface area contributed by atoms with E-state index in [-0.39, 0.29) is 124 Å². The van der Waals surface area contributed by atoms with Gasteiger partial charge in [-0.25, -0.2) is 28.8 Å². The van der Waals surface area contributed by atoms with Crippen molar-refractivity contribution >= 4 is 53.7 Å². The Morgan fingerprint density at radius 2 is 0.773 bits per heavy atom. The molecule has 0 spiro atoms. The Hall–Kier alpha value is -6.57. The van der Waals surface area contributed by atoms with Crippen molar-refractivity contribution in [2.24, 2.45) is 5.41 Å². The van der Waals surface area contributed by atoms with Gasteiger partial charge in [-0.15, -0.1) is 0 Å². The third-order valence-electron chi connectivity index (χ3n) is 7.86. The van der Waals surface area contributed by atoms with Gasteiger partial charge < -0.3 is 62.1 Å². The van der Waals surface area contributed by atoms with E-state index in [1.807, 2.05) is 0 Å². The second-order valence-corrected chi connectivity index (χ2v) is 12.7. The van der Waals surface area contributed by atoms with Crippen LogP contribution in [0.3, 0.4) is 0 Å². The van der Waals surface area contributed by atoms with Crippen LogP contribution in [0.25, 0.3) is 0 Å². The summed E-state index contributed by atoms with van der Waals surface area (Å²) in [5, 5.41) is 9.74. The quantitative estimate of drug-likeness (QED) is 0.0322. The van der Waals surface area contributed by atoms with Crippen molar-refractivity contribution in [3.63, 3.8) is 0 Å². The number of rotatable bonds is 37. The second kappa shape index (κ2) is 36.7. The minimum Gasteiger partial charge on any atom is -0.462 e. The summed E-state index contributed by atoms with van der Waals surface area (Å²) < 4.78 is 57.2. The van der Waals surface area contributed by atoms with Crippen LogP contribution in [-0.4, -0.2) is 176 Å². The van der Waals surface area contributed by atoms with Gasteiger partial charge in [0, 0.05) is 57.2 Å². The zero-order valence-corrected chi connectivity index (χ0v) is 37.8.